The molecule has 0 amide bonds. The van der Waals surface area contributed by atoms with Crippen molar-refractivity contribution in [1.82, 2.24) is 15.6 Å². The first kappa shape index (κ1) is 9.97. The van der Waals surface area contributed by atoms with Gasteiger partial charge in [-0.3, -0.25) is 5.43 Å². The summed E-state index contributed by atoms with van der Waals surface area (Å²) in [6.45, 7) is 1.50. The lowest BCUT2D eigenvalue weighted by Crippen LogP contribution is -2.41. The van der Waals surface area contributed by atoms with Crippen molar-refractivity contribution >= 4 is 12.6 Å². The number of ether oxygens (including phenoxy) is 1. The van der Waals surface area contributed by atoms with Crippen LogP contribution < -0.4 is 10.7 Å². The van der Waals surface area contributed by atoms with Crippen LogP contribution in [0.25, 0.3) is 0 Å². The standard InChI is InChI=1S/C9H15N5O/c1-14(3-4-15-2)9-7-5-12-13-8(7)10-6-11-9/h5-6,8,13H,3-4H2,1-2H3,(H,10,11). The van der Waals surface area contributed by atoms with E-state index < -0.39 is 0 Å². The predicted octanol–water partition coefficient (Wildman–Crippen LogP) is -0.677. The molecule has 0 saturated carbocycles. The maximum absolute atomic E-state index is 5.03. The number of rotatable bonds is 4. The third kappa shape index (κ3) is 1.94. The van der Waals surface area contributed by atoms with E-state index in [1.54, 1.807) is 19.7 Å². The number of hydrazone groups is 1. The van der Waals surface area contributed by atoms with Gasteiger partial charge in [-0.15, -0.1) is 0 Å². The number of likely N-dealkylation sites (N-methyl/N-ethyl adjacent to an activating group) is 1. The molecule has 0 aromatic heterocycles. The van der Waals surface area contributed by atoms with E-state index in [0.717, 1.165) is 17.9 Å². The van der Waals surface area contributed by atoms with Gasteiger partial charge in [0.15, 0.2) is 0 Å². The highest BCUT2D eigenvalue weighted by molar-refractivity contribution is 5.85. The number of methoxy groups -OCH3 is 1. The molecule has 82 valence electrons. The quantitative estimate of drug-likeness (QED) is 0.644. The molecule has 0 saturated heterocycles. The Kier molecular flexibility index (Phi) is 2.86. The smallest absolute Gasteiger partial charge is 0.145 e. The van der Waals surface area contributed by atoms with Gasteiger partial charge in [0.25, 0.3) is 0 Å². The summed E-state index contributed by atoms with van der Waals surface area (Å²) in [6.07, 6.45) is 3.55. The molecule has 0 aliphatic carbocycles. The second kappa shape index (κ2) is 4.31. The molecule has 1 atom stereocenters. The zero-order valence-corrected chi connectivity index (χ0v) is 8.90. The van der Waals surface area contributed by atoms with Crippen LogP contribution in [0.3, 0.4) is 0 Å². The zero-order chi connectivity index (χ0) is 10.7. The fraction of sp³-hybridized carbons (Fsp3) is 0.556. The van der Waals surface area contributed by atoms with Crippen LogP contribution in [0.1, 0.15) is 0 Å². The third-order valence-electron chi connectivity index (χ3n) is 2.40. The molecule has 15 heavy (non-hydrogen) atoms. The van der Waals surface area contributed by atoms with Gasteiger partial charge in [-0.1, -0.05) is 0 Å². The van der Waals surface area contributed by atoms with Gasteiger partial charge >= 0.3 is 0 Å². The molecule has 0 radical (unpaired) electrons. The predicted molar refractivity (Wildman–Crippen MR) is 58.6 cm³/mol. The van der Waals surface area contributed by atoms with Crippen LogP contribution >= 0.6 is 0 Å². The highest BCUT2D eigenvalue weighted by Crippen LogP contribution is 2.16. The Morgan fingerprint density at radius 1 is 1.60 bits per heavy atom. The van der Waals surface area contributed by atoms with Crippen molar-refractivity contribution in [2.24, 2.45) is 10.1 Å². The van der Waals surface area contributed by atoms with Crippen LogP contribution in [0.5, 0.6) is 0 Å². The van der Waals surface area contributed by atoms with Crippen molar-refractivity contribution in [3.63, 3.8) is 0 Å². The van der Waals surface area contributed by atoms with Crippen LogP contribution in [0.2, 0.25) is 0 Å². The van der Waals surface area contributed by atoms with E-state index >= 15 is 0 Å². The summed E-state index contributed by atoms with van der Waals surface area (Å²) in [5, 5.41) is 7.09. The lowest BCUT2D eigenvalue weighted by atomic mass is 10.2. The minimum absolute atomic E-state index is 0.0579. The van der Waals surface area contributed by atoms with Crippen molar-refractivity contribution in [3.05, 3.63) is 11.4 Å². The molecule has 0 bridgehead atoms. The molecule has 2 rings (SSSR count). The van der Waals surface area contributed by atoms with Crippen molar-refractivity contribution in [1.29, 1.82) is 0 Å². The first-order chi connectivity index (χ1) is 7.33. The first-order valence-corrected chi connectivity index (χ1v) is 4.84. The largest absolute Gasteiger partial charge is 0.383 e. The molecule has 2 aliphatic rings. The Hall–Kier alpha value is -1.56. The first-order valence-electron chi connectivity index (χ1n) is 4.84. The highest BCUT2D eigenvalue weighted by Gasteiger charge is 2.24. The SMILES string of the molecule is COCCN(C)C1=C2C=NNC2NC=N1. The number of fused-ring (bicyclic) bond motifs is 1. The molecule has 2 heterocycles. The Bertz CT molecular complexity index is 322. The Balaban J connectivity index is 2.11. The van der Waals surface area contributed by atoms with Crippen molar-refractivity contribution in [3.8, 4) is 0 Å². The Morgan fingerprint density at radius 3 is 3.27 bits per heavy atom. The zero-order valence-electron chi connectivity index (χ0n) is 8.90. The second-order valence-corrected chi connectivity index (χ2v) is 3.44. The van der Waals surface area contributed by atoms with Gasteiger partial charge in [-0.05, 0) is 0 Å². The topological polar surface area (TPSA) is 61.2 Å². The maximum atomic E-state index is 5.03. The summed E-state index contributed by atoms with van der Waals surface area (Å²) in [5.41, 5.74) is 4.02. The van der Waals surface area contributed by atoms with Gasteiger partial charge < -0.3 is 15.0 Å². The number of aliphatic imine (C=N–C) groups is 1. The third-order valence-corrected chi connectivity index (χ3v) is 2.40. The van der Waals surface area contributed by atoms with E-state index in [0.29, 0.717) is 6.61 Å². The van der Waals surface area contributed by atoms with Crippen molar-refractivity contribution in [2.75, 3.05) is 27.3 Å². The lowest BCUT2D eigenvalue weighted by molar-refractivity contribution is 0.173. The van der Waals surface area contributed by atoms with E-state index in [2.05, 4.69) is 25.7 Å². The van der Waals surface area contributed by atoms with Crippen LogP contribution in [0.15, 0.2) is 21.5 Å². The molecule has 2 aliphatic heterocycles. The molecule has 0 aromatic rings. The monoisotopic (exact) mass is 209 g/mol. The summed E-state index contributed by atoms with van der Waals surface area (Å²) in [5.74, 6) is 0.935. The van der Waals surface area contributed by atoms with Crippen molar-refractivity contribution in [2.45, 2.75) is 6.17 Å². The van der Waals surface area contributed by atoms with Crippen LogP contribution in [0, 0.1) is 0 Å². The number of hydrogen-bond donors (Lipinski definition) is 2. The van der Waals surface area contributed by atoms with Crippen LogP contribution in [0.4, 0.5) is 0 Å². The summed E-state index contributed by atoms with van der Waals surface area (Å²) >= 11 is 0. The number of nitrogens with zero attached hydrogens (tertiary/aromatic N) is 3. The van der Waals surface area contributed by atoms with E-state index in [9.17, 15) is 0 Å². The van der Waals surface area contributed by atoms with Crippen LogP contribution in [-0.2, 0) is 4.74 Å². The lowest BCUT2D eigenvalue weighted by Gasteiger charge is -2.25. The van der Waals surface area contributed by atoms with Crippen molar-refractivity contribution < 1.29 is 4.74 Å². The average molecular weight is 209 g/mol. The molecular weight excluding hydrogens is 194 g/mol. The molecule has 2 N–H and O–H groups in total. The van der Waals surface area contributed by atoms with Gasteiger partial charge in [0, 0.05) is 20.7 Å². The molecule has 0 aromatic carbocycles. The molecule has 0 fully saturated rings. The molecule has 6 heteroatoms. The minimum atomic E-state index is 0.0579. The van der Waals surface area contributed by atoms with E-state index in [1.165, 1.54) is 0 Å². The van der Waals surface area contributed by atoms with Gasteiger partial charge in [0.2, 0.25) is 0 Å². The molecule has 0 spiro atoms. The maximum Gasteiger partial charge on any atom is 0.145 e. The van der Waals surface area contributed by atoms with Gasteiger partial charge in [-0.2, -0.15) is 5.10 Å². The fourth-order valence-corrected chi connectivity index (χ4v) is 1.54. The van der Waals surface area contributed by atoms with Gasteiger partial charge in [-0.25, -0.2) is 4.99 Å². The normalized spacial score (nSPS) is 22.4. The Morgan fingerprint density at radius 2 is 2.47 bits per heavy atom. The van der Waals surface area contributed by atoms with Crippen LogP contribution in [-0.4, -0.2) is 50.9 Å². The summed E-state index contributed by atoms with van der Waals surface area (Å²) < 4.78 is 5.03. The highest BCUT2D eigenvalue weighted by atomic mass is 16.5. The van der Waals surface area contributed by atoms with Gasteiger partial charge in [0.05, 0.1) is 24.7 Å². The molecular formula is C9H15N5O. The summed E-state index contributed by atoms with van der Waals surface area (Å²) in [6, 6.07) is 0. The fourth-order valence-electron chi connectivity index (χ4n) is 1.54. The van der Waals surface area contributed by atoms with E-state index in [1.807, 2.05) is 7.05 Å². The molecule has 1 unspecified atom stereocenters. The van der Waals surface area contributed by atoms with E-state index in [-0.39, 0.29) is 6.17 Å². The summed E-state index contributed by atoms with van der Waals surface area (Å²) in [4.78, 5) is 6.37. The Labute approximate surface area is 88.7 Å². The second-order valence-electron chi connectivity index (χ2n) is 3.44. The molecule has 6 nitrogen and oxygen atoms in total. The summed E-state index contributed by atoms with van der Waals surface area (Å²) in [7, 11) is 3.69. The number of hydrogen-bond acceptors (Lipinski definition) is 6. The number of nitrogens with one attached hydrogen (secondary N) is 2. The minimum Gasteiger partial charge on any atom is -0.383 e. The average Bonchev–Trinajstić information content (AvgIpc) is 2.73. The van der Waals surface area contributed by atoms with E-state index in [4.69, 9.17) is 4.74 Å². The van der Waals surface area contributed by atoms with Gasteiger partial charge in [0.1, 0.15) is 12.0 Å².